The molecule has 2 unspecified atom stereocenters. The fourth-order valence-electron chi connectivity index (χ4n) is 6.59. The number of halogens is 1. The summed E-state index contributed by atoms with van der Waals surface area (Å²) in [6.45, 7) is 10.8. The van der Waals surface area contributed by atoms with Crippen LogP contribution in [0.15, 0.2) is 43.5 Å². The number of hydrogen-bond acceptors (Lipinski definition) is 8. The lowest BCUT2D eigenvalue weighted by Gasteiger charge is -2.30. The maximum atomic E-state index is 14.3. The van der Waals surface area contributed by atoms with Crippen molar-refractivity contribution in [1.29, 1.82) is 0 Å². The molecule has 1 saturated heterocycles. The molecule has 2 aliphatic carbocycles. The lowest BCUT2D eigenvalue weighted by atomic mass is 9.88. The van der Waals surface area contributed by atoms with Gasteiger partial charge in [0.25, 0.3) is 0 Å². The number of carbonyl (C=O) groups is 5. The Bertz CT molecular complexity index is 1590. The number of sulfonamides is 1. The monoisotopic (exact) mass is 657 g/mol. The number of fused-ring (bicyclic) bond motifs is 1. The van der Waals surface area contributed by atoms with E-state index in [-0.39, 0.29) is 57.0 Å². The Morgan fingerprint density at radius 1 is 1.15 bits per heavy atom. The minimum Gasteiger partial charge on any atom is -0.444 e. The Morgan fingerprint density at radius 3 is 2.46 bits per heavy atom. The molecule has 2 heterocycles. The van der Waals surface area contributed by atoms with Gasteiger partial charge in [-0.1, -0.05) is 38.6 Å². The summed E-state index contributed by atoms with van der Waals surface area (Å²) in [5.41, 5.74) is -0.268. The van der Waals surface area contributed by atoms with Crippen LogP contribution in [0, 0.1) is 29.0 Å². The zero-order valence-corrected chi connectivity index (χ0v) is 26.9. The summed E-state index contributed by atoms with van der Waals surface area (Å²) in [4.78, 5) is 69.4. The van der Waals surface area contributed by atoms with Gasteiger partial charge in [0, 0.05) is 37.3 Å². The summed E-state index contributed by atoms with van der Waals surface area (Å²) in [5, 5.41) is -0.630. The van der Waals surface area contributed by atoms with E-state index in [1.54, 1.807) is 26.0 Å². The first-order valence-corrected chi connectivity index (χ1v) is 17.1. The molecule has 4 aliphatic rings. The molecule has 3 fully saturated rings. The number of carbonyl (C=O) groups excluding carboxylic acids is 5. The van der Waals surface area contributed by atoms with E-state index in [1.165, 1.54) is 21.9 Å². The van der Waals surface area contributed by atoms with Crippen LogP contribution in [0.2, 0.25) is 0 Å². The van der Waals surface area contributed by atoms with Crippen LogP contribution >= 0.6 is 0 Å². The third-order valence-electron chi connectivity index (χ3n) is 9.70. The number of allylic oxidation sites excluding steroid dienone is 2. The van der Waals surface area contributed by atoms with Gasteiger partial charge >= 0.3 is 6.09 Å². The van der Waals surface area contributed by atoms with Gasteiger partial charge in [-0.15, -0.1) is 6.58 Å². The van der Waals surface area contributed by atoms with Gasteiger partial charge in [-0.3, -0.25) is 28.8 Å². The van der Waals surface area contributed by atoms with Gasteiger partial charge in [-0.05, 0) is 48.8 Å². The van der Waals surface area contributed by atoms with Crippen LogP contribution in [0.5, 0.6) is 0 Å². The maximum absolute atomic E-state index is 14.3. The van der Waals surface area contributed by atoms with Gasteiger partial charge in [0.05, 0.1) is 29.8 Å². The smallest absolute Gasteiger partial charge is 0.410 e. The lowest BCUT2D eigenvalue weighted by molar-refractivity contribution is -0.144. The number of ether oxygens (including phenoxy) is 1. The summed E-state index contributed by atoms with van der Waals surface area (Å²) in [6, 6.07) is 3.52. The van der Waals surface area contributed by atoms with Crippen molar-refractivity contribution in [2.24, 2.45) is 23.2 Å². The van der Waals surface area contributed by atoms with Crippen LogP contribution in [-0.4, -0.2) is 71.6 Å². The SMILES string of the molecule is C=CC(=O)C[C@@H](C(=O)N1CC(OC(=O)N2Cc3cccc(F)c3C2)CC1C(=O)C[C@]1(C(=O)NS(=O)(=O)C2CC2)C[C@H]1C=C)C(C)C. The topological polar surface area (TPSA) is 147 Å². The maximum Gasteiger partial charge on any atom is 0.410 e. The quantitative estimate of drug-likeness (QED) is 0.251. The second-order valence-corrected chi connectivity index (χ2v) is 15.2. The number of amides is 3. The number of benzene rings is 1. The van der Waals surface area contributed by atoms with E-state index in [0.717, 1.165) is 6.08 Å². The van der Waals surface area contributed by atoms with E-state index in [1.807, 2.05) is 0 Å². The van der Waals surface area contributed by atoms with Gasteiger partial charge in [-0.2, -0.15) is 0 Å². The van der Waals surface area contributed by atoms with E-state index in [4.69, 9.17) is 4.74 Å². The highest BCUT2D eigenvalue weighted by atomic mass is 32.2. The molecule has 2 aliphatic heterocycles. The molecule has 3 amide bonds. The first kappa shape index (κ1) is 33.5. The molecule has 0 radical (unpaired) electrons. The van der Waals surface area contributed by atoms with Crippen molar-refractivity contribution in [3.8, 4) is 0 Å². The van der Waals surface area contributed by atoms with Crippen LogP contribution in [0.4, 0.5) is 9.18 Å². The third-order valence-corrected chi connectivity index (χ3v) is 11.5. The average Bonchev–Trinajstić information content (AvgIpc) is 3.90. The van der Waals surface area contributed by atoms with Crippen molar-refractivity contribution in [2.75, 3.05) is 6.54 Å². The van der Waals surface area contributed by atoms with Gasteiger partial charge < -0.3 is 9.64 Å². The summed E-state index contributed by atoms with van der Waals surface area (Å²) >= 11 is 0. The Balaban J connectivity index is 1.35. The van der Waals surface area contributed by atoms with Crippen LogP contribution < -0.4 is 4.72 Å². The Hall–Kier alpha value is -3.87. The van der Waals surface area contributed by atoms with E-state index in [0.29, 0.717) is 24.0 Å². The summed E-state index contributed by atoms with van der Waals surface area (Å²) < 4.78 is 47.3. The molecule has 5 rings (SSSR count). The second kappa shape index (κ2) is 12.7. The number of nitrogens with one attached hydrogen (secondary N) is 1. The molecule has 0 aromatic heterocycles. The van der Waals surface area contributed by atoms with Gasteiger partial charge in [0.1, 0.15) is 11.9 Å². The number of likely N-dealkylation sites (tertiary alicyclic amines) is 1. The van der Waals surface area contributed by atoms with Gasteiger partial charge in [-0.25, -0.2) is 17.6 Å². The lowest BCUT2D eigenvalue weighted by Crippen LogP contribution is -2.47. The minimum absolute atomic E-state index is 0.0159. The number of ketones is 2. The molecule has 0 spiro atoms. The van der Waals surface area contributed by atoms with E-state index < -0.39 is 74.2 Å². The zero-order valence-electron chi connectivity index (χ0n) is 26.1. The molecule has 46 heavy (non-hydrogen) atoms. The van der Waals surface area contributed by atoms with E-state index in [9.17, 15) is 36.8 Å². The fourth-order valence-corrected chi connectivity index (χ4v) is 7.97. The Labute approximate surface area is 268 Å². The Kier molecular flexibility index (Phi) is 9.27. The molecule has 1 N–H and O–H groups in total. The number of rotatable bonds is 13. The molecule has 11 nitrogen and oxygen atoms in total. The van der Waals surface area contributed by atoms with Crippen molar-refractivity contribution >= 4 is 39.5 Å². The molecule has 13 heteroatoms. The predicted molar refractivity (Wildman–Crippen MR) is 165 cm³/mol. The largest absolute Gasteiger partial charge is 0.444 e. The van der Waals surface area contributed by atoms with Crippen LogP contribution in [0.1, 0.15) is 63.5 Å². The van der Waals surface area contributed by atoms with Crippen LogP contribution in [-0.2, 0) is 47.0 Å². The molecule has 248 valence electrons. The standard InChI is InChI=1S/C33H40FN3O8S/c1-5-21-14-33(21,31(41)35-46(43,44)24-10-11-24)15-29(39)28-13-23(17-37(28)30(40)25(19(3)4)12-22(38)6-2)45-32(42)36-16-20-8-7-9-27(34)26(20)18-36/h5-9,19,21,23-25,28H,1-2,10-18H2,3-4H3,(H,35,41)/t21-,23?,25-,28?,33-/m1/s1. The van der Waals surface area contributed by atoms with E-state index in [2.05, 4.69) is 17.9 Å². The molecule has 1 aromatic carbocycles. The summed E-state index contributed by atoms with van der Waals surface area (Å²) in [7, 11) is -3.86. The highest BCUT2D eigenvalue weighted by Gasteiger charge is 2.61. The first-order valence-electron chi connectivity index (χ1n) is 15.6. The highest BCUT2D eigenvalue weighted by molar-refractivity contribution is 7.90. The van der Waals surface area contributed by atoms with Gasteiger partial charge in [0.2, 0.25) is 21.8 Å². The highest BCUT2D eigenvalue weighted by Crippen LogP contribution is 2.57. The van der Waals surface area contributed by atoms with Gasteiger partial charge in [0.15, 0.2) is 11.6 Å². The Morgan fingerprint density at radius 2 is 1.87 bits per heavy atom. The molecule has 2 saturated carbocycles. The van der Waals surface area contributed by atoms with Crippen molar-refractivity contribution in [3.05, 3.63) is 60.5 Å². The second-order valence-electron chi connectivity index (χ2n) is 13.2. The number of Topliss-reactive ketones (excluding diaryl/α,β-unsaturated/α-hetero) is 1. The van der Waals surface area contributed by atoms with Crippen LogP contribution in [0.25, 0.3) is 0 Å². The number of hydrogen-bond donors (Lipinski definition) is 1. The van der Waals surface area contributed by atoms with Crippen LogP contribution in [0.3, 0.4) is 0 Å². The van der Waals surface area contributed by atoms with E-state index >= 15 is 0 Å². The molecule has 0 bridgehead atoms. The first-order chi connectivity index (χ1) is 21.7. The molecular formula is C33H40FN3O8S. The van der Waals surface area contributed by atoms with Crippen molar-refractivity contribution in [1.82, 2.24) is 14.5 Å². The third kappa shape index (κ3) is 6.65. The normalized spacial score (nSPS) is 25.9. The summed E-state index contributed by atoms with van der Waals surface area (Å²) in [6.07, 6.45) is 1.67. The molecule has 1 aromatic rings. The molecular weight excluding hydrogens is 617 g/mol. The van der Waals surface area contributed by atoms with Crippen molar-refractivity contribution in [3.63, 3.8) is 0 Å². The van der Waals surface area contributed by atoms with Crippen molar-refractivity contribution in [2.45, 2.75) is 82.9 Å². The average molecular weight is 658 g/mol. The number of nitrogens with zero attached hydrogens (tertiary/aromatic N) is 2. The predicted octanol–water partition coefficient (Wildman–Crippen LogP) is 3.42. The fraction of sp³-hybridized carbons (Fsp3) is 0.545. The summed E-state index contributed by atoms with van der Waals surface area (Å²) in [5.74, 6) is -3.97. The minimum atomic E-state index is -3.86. The van der Waals surface area contributed by atoms with Crippen molar-refractivity contribution < 1.29 is 41.5 Å². The molecule has 5 atom stereocenters. The zero-order chi connectivity index (χ0) is 33.6.